The zero-order chi connectivity index (χ0) is 12.6. The van der Waals surface area contributed by atoms with Gasteiger partial charge in [-0.3, -0.25) is 4.79 Å². The Kier molecular flexibility index (Phi) is 3.54. The predicted octanol–water partition coefficient (Wildman–Crippen LogP) is 2.49. The number of likely N-dealkylation sites (N-methyl/N-ethyl adjacent to an activating group) is 1. The lowest BCUT2D eigenvalue weighted by Gasteiger charge is -2.17. The molecule has 1 aliphatic heterocycles. The third kappa shape index (κ3) is 2.53. The van der Waals surface area contributed by atoms with Gasteiger partial charge in [-0.15, -0.1) is 0 Å². The minimum atomic E-state index is -0.693. The normalized spacial score (nSPS) is 25.1. The minimum absolute atomic E-state index is 0.102. The first kappa shape index (κ1) is 12.6. The predicted molar refractivity (Wildman–Crippen MR) is 70.2 cm³/mol. The van der Waals surface area contributed by atoms with Gasteiger partial charge in [0.15, 0.2) is 0 Å². The number of nitrogens with zero attached hydrogens (tertiary/aromatic N) is 1. The molecule has 0 aromatic heterocycles. The van der Waals surface area contributed by atoms with E-state index in [0.29, 0.717) is 6.54 Å². The van der Waals surface area contributed by atoms with Gasteiger partial charge in [0, 0.05) is 23.5 Å². The van der Waals surface area contributed by atoms with Crippen LogP contribution < -0.4 is 0 Å². The fourth-order valence-corrected chi connectivity index (χ4v) is 3.10. The van der Waals surface area contributed by atoms with Crippen molar-refractivity contribution in [3.8, 4) is 0 Å². The van der Waals surface area contributed by atoms with E-state index in [0.717, 1.165) is 22.1 Å². The highest BCUT2D eigenvalue weighted by molar-refractivity contribution is 9.10. The molecule has 0 spiro atoms. The Hall–Kier alpha value is -0.870. The van der Waals surface area contributed by atoms with Crippen LogP contribution in [0, 0.1) is 12.8 Å². The Morgan fingerprint density at radius 3 is 2.76 bits per heavy atom. The molecule has 1 heterocycles. The minimum Gasteiger partial charge on any atom is -0.481 e. The number of benzene rings is 1. The molecule has 1 fully saturated rings. The number of aryl methyl sites for hydroxylation is 1. The lowest BCUT2D eigenvalue weighted by molar-refractivity contribution is -0.141. The number of rotatable bonds is 2. The van der Waals surface area contributed by atoms with Crippen molar-refractivity contribution in [3.63, 3.8) is 0 Å². The van der Waals surface area contributed by atoms with E-state index in [1.54, 1.807) is 0 Å². The van der Waals surface area contributed by atoms with Crippen LogP contribution in [0.15, 0.2) is 22.7 Å². The van der Waals surface area contributed by atoms with Crippen LogP contribution in [0.25, 0.3) is 0 Å². The van der Waals surface area contributed by atoms with Gasteiger partial charge >= 0.3 is 5.97 Å². The van der Waals surface area contributed by atoms with Crippen molar-refractivity contribution >= 4 is 21.9 Å². The summed E-state index contributed by atoms with van der Waals surface area (Å²) >= 11 is 3.43. The second kappa shape index (κ2) is 4.78. The van der Waals surface area contributed by atoms with Crippen molar-refractivity contribution in [2.75, 3.05) is 20.1 Å². The van der Waals surface area contributed by atoms with Crippen LogP contribution in [-0.2, 0) is 4.79 Å². The molecule has 1 saturated heterocycles. The van der Waals surface area contributed by atoms with Crippen molar-refractivity contribution in [1.82, 2.24) is 4.90 Å². The fourth-order valence-electron chi connectivity index (χ4n) is 2.62. The van der Waals surface area contributed by atoms with E-state index in [4.69, 9.17) is 0 Å². The van der Waals surface area contributed by atoms with E-state index in [-0.39, 0.29) is 11.8 Å². The van der Waals surface area contributed by atoms with E-state index in [1.165, 1.54) is 0 Å². The molecule has 0 bridgehead atoms. The zero-order valence-electron chi connectivity index (χ0n) is 9.98. The lowest BCUT2D eigenvalue weighted by Crippen LogP contribution is -2.21. The van der Waals surface area contributed by atoms with Crippen molar-refractivity contribution < 1.29 is 9.90 Å². The number of hydrogen-bond donors (Lipinski definition) is 1. The molecule has 2 atom stereocenters. The Morgan fingerprint density at radius 2 is 2.18 bits per heavy atom. The molecule has 4 heteroatoms. The SMILES string of the molecule is Cc1cc(Br)ccc1C1CN(C)CC1C(=O)O. The second-order valence-corrected chi connectivity index (χ2v) is 5.69. The highest BCUT2D eigenvalue weighted by Gasteiger charge is 2.37. The van der Waals surface area contributed by atoms with Crippen molar-refractivity contribution in [1.29, 1.82) is 0 Å². The zero-order valence-corrected chi connectivity index (χ0v) is 11.6. The maximum atomic E-state index is 11.3. The van der Waals surface area contributed by atoms with Crippen molar-refractivity contribution in [2.45, 2.75) is 12.8 Å². The number of carboxylic acid groups (broad SMARTS) is 1. The molecule has 1 aromatic rings. The van der Waals surface area contributed by atoms with Gasteiger partial charge in [-0.1, -0.05) is 22.0 Å². The van der Waals surface area contributed by atoms with Crippen LogP contribution >= 0.6 is 15.9 Å². The highest BCUT2D eigenvalue weighted by atomic mass is 79.9. The summed E-state index contributed by atoms with van der Waals surface area (Å²) in [5.74, 6) is -0.882. The molecule has 2 unspecified atom stereocenters. The van der Waals surface area contributed by atoms with Gasteiger partial charge < -0.3 is 10.0 Å². The van der Waals surface area contributed by atoms with Gasteiger partial charge in [-0.05, 0) is 37.2 Å². The second-order valence-electron chi connectivity index (χ2n) is 4.77. The summed E-state index contributed by atoms with van der Waals surface area (Å²) in [7, 11) is 1.98. The van der Waals surface area contributed by atoms with Gasteiger partial charge in [0.05, 0.1) is 5.92 Å². The van der Waals surface area contributed by atoms with Crippen LogP contribution in [0.4, 0.5) is 0 Å². The topological polar surface area (TPSA) is 40.5 Å². The molecule has 1 N–H and O–H groups in total. The number of halogens is 1. The van der Waals surface area contributed by atoms with Gasteiger partial charge in [0.25, 0.3) is 0 Å². The number of aliphatic carboxylic acids is 1. The van der Waals surface area contributed by atoms with Crippen molar-refractivity contribution in [2.24, 2.45) is 5.92 Å². The van der Waals surface area contributed by atoms with Crippen LogP contribution in [0.5, 0.6) is 0 Å². The van der Waals surface area contributed by atoms with Crippen LogP contribution in [-0.4, -0.2) is 36.1 Å². The van der Waals surface area contributed by atoms with Gasteiger partial charge in [0.1, 0.15) is 0 Å². The van der Waals surface area contributed by atoms with Gasteiger partial charge in [-0.25, -0.2) is 0 Å². The summed E-state index contributed by atoms with van der Waals surface area (Å²) in [6, 6.07) is 6.07. The molecular weight excluding hydrogens is 282 g/mol. The van der Waals surface area contributed by atoms with Gasteiger partial charge in [0.2, 0.25) is 0 Å². The Labute approximate surface area is 110 Å². The summed E-state index contributed by atoms with van der Waals surface area (Å²) < 4.78 is 1.04. The van der Waals surface area contributed by atoms with E-state index >= 15 is 0 Å². The molecule has 1 aromatic carbocycles. The molecular formula is C13H16BrNO2. The Balaban J connectivity index is 2.34. The maximum absolute atomic E-state index is 11.3. The van der Waals surface area contributed by atoms with E-state index < -0.39 is 5.97 Å². The Morgan fingerprint density at radius 1 is 1.47 bits per heavy atom. The molecule has 3 nitrogen and oxygen atoms in total. The summed E-state index contributed by atoms with van der Waals surface area (Å²) in [4.78, 5) is 13.4. The largest absolute Gasteiger partial charge is 0.481 e. The monoisotopic (exact) mass is 297 g/mol. The van der Waals surface area contributed by atoms with E-state index in [2.05, 4.69) is 20.8 Å². The number of hydrogen-bond acceptors (Lipinski definition) is 2. The Bertz CT molecular complexity index is 447. The lowest BCUT2D eigenvalue weighted by atomic mass is 9.86. The quantitative estimate of drug-likeness (QED) is 0.912. The molecule has 92 valence electrons. The van der Waals surface area contributed by atoms with Crippen LogP contribution in [0.2, 0.25) is 0 Å². The van der Waals surface area contributed by atoms with Crippen LogP contribution in [0.1, 0.15) is 17.0 Å². The number of carboxylic acids is 1. The molecule has 0 saturated carbocycles. The van der Waals surface area contributed by atoms with Crippen molar-refractivity contribution in [3.05, 3.63) is 33.8 Å². The first-order valence-electron chi connectivity index (χ1n) is 5.66. The third-order valence-electron chi connectivity index (χ3n) is 3.45. The van der Waals surface area contributed by atoms with Crippen LogP contribution in [0.3, 0.4) is 0 Å². The highest BCUT2D eigenvalue weighted by Crippen LogP contribution is 2.34. The third-order valence-corrected chi connectivity index (χ3v) is 3.94. The average Bonchev–Trinajstić information content (AvgIpc) is 2.60. The molecule has 0 radical (unpaired) electrons. The van der Waals surface area contributed by atoms with Gasteiger partial charge in [-0.2, -0.15) is 0 Å². The molecule has 2 rings (SSSR count). The summed E-state index contributed by atoms with van der Waals surface area (Å²) in [6.07, 6.45) is 0. The summed E-state index contributed by atoms with van der Waals surface area (Å²) in [6.45, 7) is 3.49. The van der Waals surface area contributed by atoms with E-state index in [9.17, 15) is 9.90 Å². The average molecular weight is 298 g/mol. The smallest absolute Gasteiger partial charge is 0.308 e. The summed E-state index contributed by atoms with van der Waals surface area (Å²) in [5.41, 5.74) is 2.32. The first-order chi connectivity index (χ1) is 7.99. The fraction of sp³-hybridized carbons (Fsp3) is 0.462. The molecule has 17 heavy (non-hydrogen) atoms. The number of carbonyl (C=O) groups is 1. The molecule has 0 aliphatic carbocycles. The van der Waals surface area contributed by atoms with E-state index in [1.807, 2.05) is 32.2 Å². The maximum Gasteiger partial charge on any atom is 0.308 e. The first-order valence-corrected chi connectivity index (χ1v) is 6.45. The standard InChI is InChI=1S/C13H16BrNO2/c1-8-5-9(14)3-4-10(8)11-6-15(2)7-12(11)13(16)17/h3-5,11-12H,6-7H2,1-2H3,(H,16,17). The summed E-state index contributed by atoms with van der Waals surface area (Å²) in [5, 5.41) is 9.27. The number of likely N-dealkylation sites (tertiary alicyclic amines) is 1. The molecule has 1 aliphatic rings. The molecule has 0 amide bonds.